The number of hydrogen-bond acceptors (Lipinski definition) is 4. The van der Waals surface area contributed by atoms with Gasteiger partial charge in [0.25, 0.3) is 0 Å². The van der Waals surface area contributed by atoms with Gasteiger partial charge in [-0.2, -0.15) is 0 Å². The maximum absolute atomic E-state index is 11.6. The summed E-state index contributed by atoms with van der Waals surface area (Å²) in [6, 6.07) is 5.33. The summed E-state index contributed by atoms with van der Waals surface area (Å²) >= 11 is 0. The molecule has 124 valence electrons. The fourth-order valence-electron chi connectivity index (χ4n) is 2.03. The monoisotopic (exact) mass is 327 g/mol. The summed E-state index contributed by atoms with van der Waals surface area (Å²) < 4.78 is 28.4. The van der Waals surface area contributed by atoms with Crippen LogP contribution in [0.1, 0.15) is 18.1 Å². The predicted molar refractivity (Wildman–Crippen MR) is 89.0 cm³/mol. The topological polar surface area (TPSA) is 79.8 Å². The Morgan fingerprint density at radius 2 is 2.05 bits per heavy atom. The van der Waals surface area contributed by atoms with Crippen LogP contribution in [-0.2, 0) is 21.1 Å². The number of sulfone groups is 1. The quantitative estimate of drug-likeness (QED) is 0.445. The number of nitrogens with zero attached hydrogens (tertiary/aromatic N) is 1. The first-order chi connectivity index (χ1) is 10.4. The number of rotatable bonds is 7. The third-order valence-electron chi connectivity index (χ3n) is 3.07. The molecule has 0 heterocycles. The summed E-state index contributed by atoms with van der Waals surface area (Å²) in [5.74, 6) is 0.685. The largest absolute Gasteiger partial charge is 0.380 e. The minimum Gasteiger partial charge on any atom is -0.380 e. The smallest absolute Gasteiger partial charge is 0.191 e. The molecule has 22 heavy (non-hydrogen) atoms. The Labute approximate surface area is 132 Å². The summed E-state index contributed by atoms with van der Waals surface area (Å²) in [4.78, 5) is 4.49. The molecule has 2 N–H and O–H groups in total. The predicted octanol–water partition coefficient (Wildman–Crippen LogP) is 1.10. The van der Waals surface area contributed by atoms with Gasteiger partial charge in [0.1, 0.15) is 0 Å². The summed E-state index contributed by atoms with van der Waals surface area (Å²) in [5.41, 5.74) is 1.75. The molecule has 1 aromatic rings. The highest BCUT2D eigenvalue weighted by molar-refractivity contribution is 7.90. The van der Waals surface area contributed by atoms with Crippen LogP contribution in [0.2, 0.25) is 0 Å². The molecule has 0 saturated carbocycles. The fourth-order valence-corrected chi connectivity index (χ4v) is 2.99. The van der Waals surface area contributed by atoms with E-state index in [1.807, 2.05) is 19.1 Å². The first-order valence-electron chi connectivity index (χ1n) is 7.20. The molecule has 0 saturated heterocycles. The zero-order valence-corrected chi connectivity index (χ0v) is 14.5. The van der Waals surface area contributed by atoms with Crippen LogP contribution in [0.25, 0.3) is 0 Å². The lowest BCUT2D eigenvalue weighted by Gasteiger charge is -2.13. The molecule has 0 aliphatic carbocycles. The van der Waals surface area contributed by atoms with Crippen molar-refractivity contribution in [3.63, 3.8) is 0 Å². The Morgan fingerprint density at radius 3 is 2.59 bits per heavy atom. The molecule has 0 atom stereocenters. The highest BCUT2D eigenvalue weighted by atomic mass is 32.2. The molecule has 0 unspecified atom stereocenters. The van der Waals surface area contributed by atoms with Crippen LogP contribution in [-0.4, -0.2) is 47.4 Å². The van der Waals surface area contributed by atoms with Crippen molar-refractivity contribution in [1.29, 1.82) is 0 Å². The van der Waals surface area contributed by atoms with Crippen molar-refractivity contribution >= 4 is 15.8 Å². The van der Waals surface area contributed by atoms with Crippen molar-refractivity contribution in [2.75, 3.05) is 33.1 Å². The standard InChI is InChI=1S/C15H25N3O3S/c1-5-21-9-8-17-15(16-3)18-11-13-6-7-14(12(2)10-13)22(4,19)20/h6-7,10H,5,8-9,11H2,1-4H3,(H2,16,17,18). The molecule has 0 fully saturated rings. The fraction of sp³-hybridized carbons (Fsp3) is 0.533. The van der Waals surface area contributed by atoms with Gasteiger partial charge in [-0.3, -0.25) is 4.99 Å². The molecule has 0 aliphatic heterocycles. The highest BCUT2D eigenvalue weighted by Crippen LogP contribution is 2.16. The number of hydrogen-bond donors (Lipinski definition) is 2. The Kier molecular flexibility index (Phi) is 7.34. The number of ether oxygens (including phenoxy) is 1. The van der Waals surface area contributed by atoms with Crippen LogP contribution in [0.15, 0.2) is 28.1 Å². The number of aryl methyl sites for hydroxylation is 1. The molecule has 0 radical (unpaired) electrons. The van der Waals surface area contributed by atoms with Crippen molar-refractivity contribution < 1.29 is 13.2 Å². The van der Waals surface area contributed by atoms with Crippen LogP contribution in [0.3, 0.4) is 0 Å². The van der Waals surface area contributed by atoms with Gasteiger partial charge in [-0.25, -0.2) is 8.42 Å². The second kappa shape index (κ2) is 8.75. The first kappa shape index (κ1) is 18.4. The Balaban J connectivity index is 2.58. The molecule has 0 amide bonds. The van der Waals surface area contributed by atoms with E-state index in [9.17, 15) is 8.42 Å². The number of guanidine groups is 1. The summed E-state index contributed by atoms with van der Waals surface area (Å²) in [6.45, 7) is 6.32. The molecule has 0 aromatic heterocycles. The zero-order chi connectivity index (χ0) is 16.6. The molecule has 0 spiro atoms. The van der Waals surface area contributed by atoms with Gasteiger partial charge in [0, 0.05) is 33.0 Å². The van der Waals surface area contributed by atoms with Gasteiger partial charge >= 0.3 is 0 Å². The third-order valence-corrected chi connectivity index (χ3v) is 4.32. The minimum atomic E-state index is -3.17. The van der Waals surface area contributed by atoms with Gasteiger partial charge in [0.2, 0.25) is 0 Å². The van der Waals surface area contributed by atoms with Gasteiger partial charge < -0.3 is 15.4 Å². The second-order valence-electron chi connectivity index (χ2n) is 4.92. The summed E-state index contributed by atoms with van der Waals surface area (Å²) in [7, 11) is -1.47. The lowest BCUT2D eigenvalue weighted by molar-refractivity contribution is 0.152. The minimum absolute atomic E-state index is 0.371. The molecule has 1 rings (SSSR count). The maximum Gasteiger partial charge on any atom is 0.191 e. The van der Waals surface area contributed by atoms with Gasteiger partial charge in [0.15, 0.2) is 15.8 Å². The van der Waals surface area contributed by atoms with Crippen molar-refractivity contribution in [3.05, 3.63) is 29.3 Å². The van der Waals surface area contributed by atoms with Gasteiger partial charge in [-0.15, -0.1) is 0 Å². The van der Waals surface area contributed by atoms with Gasteiger partial charge in [-0.1, -0.05) is 12.1 Å². The molecular formula is C15H25N3O3S. The third kappa shape index (κ3) is 6.03. The van der Waals surface area contributed by atoms with E-state index in [1.165, 1.54) is 6.26 Å². The molecule has 7 heteroatoms. The lowest BCUT2D eigenvalue weighted by atomic mass is 10.1. The molecule has 1 aromatic carbocycles. The van der Waals surface area contributed by atoms with Crippen LogP contribution in [0.4, 0.5) is 0 Å². The van der Waals surface area contributed by atoms with E-state index >= 15 is 0 Å². The van der Waals surface area contributed by atoms with E-state index in [2.05, 4.69) is 15.6 Å². The number of aliphatic imine (C=N–C) groups is 1. The van der Waals surface area contributed by atoms with E-state index in [1.54, 1.807) is 20.0 Å². The van der Waals surface area contributed by atoms with Crippen molar-refractivity contribution in [2.45, 2.75) is 25.3 Å². The molecular weight excluding hydrogens is 302 g/mol. The summed E-state index contributed by atoms with van der Waals surface area (Å²) in [5, 5.41) is 6.32. The van der Waals surface area contributed by atoms with Gasteiger partial charge in [-0.05, 0) is 31.0 Å². The van der Waals surface area contributed by atoms with E-state index < -0.39 is 9.84 Å². The first-order valence-corrected chi connectivity index (χ1v) is 9.09. The molecule has 6 nitrogen and oxygen atoms in total. The Hall–Kier alpha value is -1.60. The lowest BCUT2D eigenvalue weighted by Crippen LogP contribution is -2.38. The van der Waals surface area contributed by atoms with Crippen molar-refractivity contribution in [3.8, 4) is 0 Å². The molecule has 0 aliphatic rings. The van der Waals surface area contributed by atoms with Crippen LogP contribution >= 0.6 is 0 Å². The molecule has 0 bridgehead atoms. The van der Waals surface area contributed by atoms with Crippen molar-refractivity contribution in [2.24, 2.45) is 4.99 Å². The average Bonchev–Trinajstić information content (AvgIpc) is 2.45. The Bertz CT molecular complexity index is 612. The average molecular weight is 327 g/mol. The van der Waals surface area contributed by atoms with Crippen LogP contribution < -0.4 is 10.6 Å². The maximum atomic E-state index is 11.6. The van der Waals surface area contributed by atoms with Crippen LogP contribution in [0, 0.1) is 6.92 Å². The van der Waals surface area contributed by atoms with Crippen LogP contribution in [0.5, 0.6) is 0 Å². The van der Waals surface area contributed by atoms with E-state index in [0.717, 1.165) is 11.1 Å². The normalized spacial score (nSPS) is 12.3. The highest BCUT2D eigenvalue weighted by Gasteiger charge is 2.10. The summed E-state index contributed by atoms with van der Waals surface area (Å²) in [6.07, 6.45) is 1.22. The number of nitrogens with one attached hydrogen (secondary N) is 2. The van der Waals surface area contributed by atoms with E-state index in [4.69, 9.17) is 4.74 Å². The van der Waals surface area contributed by atoms with Crippen molar-refractivity contribution in [1.82, 2.24) is 10.6 Å². The Morgan fingerprint density at radius 1 is 1.32 bits per heavy atom. The van der Waals surface area contributed by atoms with E-state index in [-0.39, 0.29) is 0 Å². The van der Waals surface area contributed by atoms with E-state index in [0.29, 0.717) is 37.2 Å². The SMILES string of the molecule is CCOCCNC(=NC)NCc1ccc(S(C)(=O)=O)c(C)c1. The van der Waals surface area contributed by atoms with Gasteiger partial charge in [0.05, 0.1) is 11.5 Å². The second-order valence-corrected chi connectivity index (χ2v) is 6.91. The number of benzene rings is 1. The zero-order valence-electron chi connectivity index (χ0n) is 13.6.